The van der Waals surface area contributed by atoms with E-state index in [1.165, 1.54) is 4.90 Å². The minimum Gasteiger partial charge on any atom is -0.444 e. The van der Waals surface area contributed by atoms with Gasteiger partial charge in [0, 0.05) is 13.6 Å². The number of carbonyl (C=O) groups is 3. The number of rotatable bonds is 12. The van der Waals surface area contributed by atoms with Crippen molar-refractivity contribution in [2.24, 2.45) is 5.92 Å². The normalized spacial score (nSPS) is 13.9. The van der Waals surface area contributed by atoms with Gasteiger partial charge >= 0.3 is 6.09 Å². The Morgan fingerprint density at radius 1 is 1.18 bits per heavy atom. The molecule has 3 amide bonds. The number of hydrogen-bond acceptors (Lipinski definition) is 4. The summed E-state index contributed by atoms with van der Waals surface area (Å²) in [5.41, 5.74) is 0.847. The number of nitrogens with one attached hydrogen (secondary N) is 2. The van der Waals surface area contributed by atoms with E-state index in [1.807, 2.05) is 38.1 Å². The molecular weight excluding hydrogens is 430 g/mol. The Balaban J connectivity index is 3.25. The van der Waals surface area contributed by atoms with Crippen LogP contribution in [-0.4, -0.2) is 48.0 Å². The minimum absolute atomic E-state index is 0.157. The second-order valence-electron chi connectivity index (χ2n) is 9.73. The number of ether oxygens (including phenoxy) is 1. The zero-order valence-corrected chi connectivity index (χ0v) is 21.9. The van der Waals surface area contributed by atoms with Crippen molar-refractivity contribution in [1.82, 2.24) is 15.5 Å². The maximum atomic E-state index is 13.7. The van der Waals surface area contributed by atoms with Crippen LogP contribution in [0.3, 0.4) is 0 Å². The molecule has 7 nitrogen and oxygen atoms in total. The van der Waals surface area contributed by atoms with Crippen LogP contribution in [-0.2, 0) is 14.3 Å². The lowest BCUT2D eigenvalue weighted by molar-refractivity contribution is -0.141. The average molecular weight is 474 g/mol. The Morgan fingerprint density at radius 3 is 2.41 bits per heavy atom. The van der Waals surface area contributed by atoms with Gasteiger partial charge in [-0.3, -0.25) is 9.59 Å². The largest absolute Gasteiger partial charge is 0.444 e. The van der Waals surface area contributed by atoms with Gasteiger partial charge in [-0.1, -0.05) is 70.9 Å². The molecule has 1 rings (SSSR count). The monoisotopic (exact) mass is 473 g/mol. The quantitative estimate of drug-likeness (QED) is 0.415. The Hall–Kier alpha value is -2.83. The van der Waals surface area contributed by atoms with Crippen LogP contribution in [0.15, 0.2) is 30.8 Å². The predicted octanol–water partition coefficient (Wildman–Crippen LogP) is 5.07. The number of unbranched alkanes of at least 4 members (excludes halogenated alkanes) is 2. The van der Waals surface area contributed by atoms with Crippen molar-refractivity contribution in [3.8, 4) is 0 Å². The Bertz CT molecular complexity index is 831. The molecule has 7 heteroatoms. The maximum absolute atomic E-state index is 13.7. The molecular formula is C27H43N3O4. The number of alkyl carbamates (subject to hydrolysis) is 1. The standard InChI is InChI=1S/C27H43N3O4/c1-9-12-13-17-28-24(31)23(21-16-14-15-20(11-3)18-21)30(8)25(32)22(19(4)10-2)29-26(33)34-27(5,6)7/h11,14-16,18-19,22-23H,3,9-10,12-13,17H2,1-2,4-8H3,(H,28,31)(H,29,33). The molecule has 3 atom stereocenters. The third kappa shape index (κ3) is 9.20. The topological polar surface area (TPSA) is 87.7 Å². The summed E-state index contributed by atoms with van der Waals surface area (Å²) in [5.74, 6) is -0.762. The maximum Gasteiger partial charge on any atom is 0.408 e. The average Bonchev–Trinajstić information content (AvgIpc) is 2.78. The lowest BCUT2D eigenvalue weighted by Gasteiger charge is -2.33. The van der Waals surface area contributed by atoms with Crippen LogP contribution >= 0.6 is 0 Å². The van der Waals surface area contributed by atoms with Crippen LogP contribution < -0.4 is 10.6 Å². The number of amides is 3. The van der Waals surface area contributed by atoms with Gasteiger partial charge in [-0.25, -0.2) is 4.79 Å². The fourth-order valence-electron chi connectivity index (χ4n) is 3.55. The van der Waals surface area contributed by atoms with Gasteiger partial charge in [0.1, 0.15) is 17.7 Å². The first-order valence-corrected chi connectivity index (χ1v) is 12.2. The van der Waals surface area contributed by atoms with Crippen molar-refractivity contribution in [3.63, 3.8) is 0 Å². The van der Waals surface area contributed by atoms with Gasteiger partial charge in [-0.05, 0) is 50.3 Å². The number of carbonyl (C=O) groups excluding carboxylic acids is 3. The number of benzene rings is 1. The highest BCUT2D eigenvalue weighted by molar-refractivity contribution is 5.92. The molecule has 0 saturated carbocycles. The second kappa shape index (κ2) is 13.8. The van der Waals surface area contributed by atoms with Crippen molar-refractivity contribution in [2.75, 3.05) is 13.6 Å². The first-order chi connectivity index (χ1) is 15.9. The van der Waals surface area contributed by atoms with Gasteiger partial charge in [0.05, 0.1) is 0 Å². The molecule has 0 heterocycles. The molecule has 2 N–H and O–H groups in total. The van der Waals surface area contributed by atoms with Gasteiger partial charge in [0.25, 0.3) is 0 Å². The number of hydrogen-bond donors (Lipinski definition) is 2. The molecule has 0 aliphatic carbocycles. The molecule has 190 valence electrons. The van der Waals surface area contributed by atoms with E-state index in [-0.39, 0.29) is 17.7 Å². The highest BCUT2D eigenvalue weighted by Gasteiger charge is 2.36. The molecule has 0 spiro atoms. The van der Waals surface area contributed by atoms with E-state index in [1.54, 1.807) is 33.9 Å². The van der Waals surface area contributed by atoms with E-state index in [4.69, 9.17) is 4.74 Å². The molecule has 0 aromatic heterocycles. The third-order valence-electron chi connectivity index (χ3n) is 5.68. The molecule has 0 fully saturated rings. The predicted molar refractivity (Wildman–Crippen MR) is 137 cm³/mol. The van der Waals surface area contributed by atoms with Crippen LogP contribution in [0.25, 0.3) is 6.08 Å². The smallest absolute Gasteiger partial charge is 0.408 e. The van der Waals surface area contributed by atoms with E-state index < -0.39 is 23.8 Å². The van der Waals surface area contributed by atoms with E-state index in [9.17, 15) is 14.4 Å². The molecule has 0 radical (unpaired) electrons. The Morgan fingerprint density at radius 2 is 1.85 bits per heavy atom. The van der Waals surface area contributed by atoms with Crippen LogP contribution in [0, 0.1) is 5.92 Å². The van der Waals surface area contributed by atoms with E-state index >= 15 is 0 Å². The van der Waals surface area contributed by atoms with Crippen molar-refractivity contribution < 1.29 is 19.1 Å². The summed E-state index contributed by atoms with van der Waals surface area (Å²) in [7, 11) is 1.60. The van der Waals surface area contributed by atoms with Crippen molar-refractivity contribution in [2.45, 2.75) is 84.9 Å². The zero-order chi connectivity index (χ0) is 25.9. The first kappa shape index (κ1) is 29.2. The van der Waals surface area contributed by atoms with Crippen LogP contribution in [0.1, 0.15) is 84.4 Å². The van der Waals surface area contributed by atoms with Crippen LogP contribution in [0.5, 0.6) is 0 Å². The van der Waals surface area contributed by atoms with Gasteiger partial charge in [0.15, 0.2) is 0 Å². The molecule has 34 heavy (non-hydrogen) atoms. The molecule has 0 aliphatic rings. The van der Waals surface area contributed by atoms with E-state index in [2.05, 4.69) is 24.1 Å². The molecule has 0 bridgehead atoms. The SMILES string of the molecule is C=Cc1cccc(C(C(=O)NCCCCC)N(C)C(=O)C(NC(=O)OC(C)(C)C)C(C)CC)c1. The third-order valence-corrected chi connectivity index (χ3v) is 5.68. The second-order valence-corrected chi connectivity index (χ2v) is 9.73. The minimum atomic E-state index is -0.846. The van der Waals surface area contributed by atoms with Crippen molar-refractivity contribution in [3.05, 3.63) is 42.0 Å². The number of likely N-dealkylation sites (N-methyl/N-ethyl adjacent to an activating group) is 1. The zero-order valence-electron chi connectivity index (χ0n) is 21.9. The van der Waals surface area contributed by atoms with Gasteiger partial charge in [-0.2, -0.15) is 0 Å². The summed E-state index contributed by atoms with van der Waals surface area (Å²) in [6, 6.07) is 5.73. The number of nitrogens with zero attached hydrogens (tertiary/aromatic N) is 1. The highest BCUT2D eigenvalue weighted by atomic mass is 16.6. The Labute approximate surface area is 205 Å². The van der Waals surface area contributed by atoms with E-state index in [0.717, 1.165) is 24.8 Å². The van der Waals surface area contributed by atoms with Crippen molar-refractivity contribution >= 4 is 24.0 Å². The summed E-state index contributed by atoms with van der Waals surface area (Å²) in [6.45, 7) is 15.6. The fraction of sp³-hybridized carbons (Fsp3) is 0.593. The van der Waals surface area contributed by atoms with Gasteiger partial charge in [-0.15, -0.1) is 0 Å². The fourth-order valence-corrected chi connectivity index (χ4v) is 3.55. The van der Waals surface area contributed by atoms with Crippen LogP contribution in [0.4, 0.5) is 4.79 Å². The van der Waals surface area contributed by atoms with Crippen molar-refractivity contribution in [1.29, 1.82) is 0 Å². The molecule has 0 aliphatic heterocycles. The first-order valence-electron chi connectivity index (χ1n) is 12.2. The summed E-state index contributed by atoms with van der Waals surface area (Å²) in [6.07, 6.45) is 4.64. The summed E-state index contributed by atoms with van der Waals surface area (Å²) in [4.78, 5) is 40.8. The summed E-state index contributed by atoms with van der Waals surface area (Å²) < 4.78 is 5.38. The molecule has 3 unspecified atom stereocenters. The molecule has 1 aromatic carbocycles. The lowest BCUT2D eigenvalue weighted by atomic mass is 9.95. The Kier molecular flexibility index (Phi) is 11.8. The molecule has 1 aromatic rings. The van der Waals surface area contributed by atoms with Gasteiger partial charge < -0.3 is 20.3 Å². The van der Waals surface area contributed by atoms with Crippen LogP contribution in [0.2, 0.25) is 0 Å². The summed E-state index contributed by atoms with van der Waals surface area (Å²) >= 11 is 0. The lowest BCUT2D eigenvalue weighted by Crippen LogP contribution is -2.54. The highest BCUT2D eigenvalue weighted by Crippen LogP contribution is 2.24. The van der Waals surface area contributed by atoms with Gasteiger partial charge in [0.2, 0.25) is 11.8 Å². The summed E-state index contributed by atoms with van der Waals surface area (Å²) in [5, 5.41) is 5.71. The van der Waals surface area contributed by atoms with E-state index in [0.29, 0.717) is 18.5 Å². The molecule has 0 saturated heterocycles.